The van der Waals surface area contributed by atoms with Gasteiger partial charge in [0.05, 0.1) is 33.3 Å². The minimum Gasteiger partial charge on any atom is -0.478 e. The van der Waals surface area contributed by atoms with Crippen molar-refractivity contribution >= 4 is 27.0 Å². The molecule has 0 bridgehead atoms. The van der Waals surface area contributed by atoms with Gasteiger partial charge < -0.3 is 9.14 Å². The Labute approximate surface area is 194 Å². The molecule has 5 rings (SSSR count). The summed E-state index contributed by atoms with van der Waals surface area (Å²) in [5.41, 5.74) is 2.75. The largest absolute Gasteiger partial charge is 0.478 e. The van der Waals surface area contributed by atoms with Gasteiger partial charge in [-0.15, -0.1) is 0 Å². The number of ether oxygens (including phenoxy) is 1. The van der Waals surface area contributed by atoms with Crippen LogP contribution in [0.2, 0.25) is 0 Å². The lowest BCUT2D eigenvalue weighted by atomic mass is 10.1. The number of aromatic nitrogens is 2. The van der Waals surface area contributed by atoms with Gasteiger partial charge in [-0.2, -0.15) is 0 Å². The summed E-state index contributed by atoms with van der Waals surface area (Å²) in [6, 6.07) is 12.0. The van der Waals surface area contributed by atoms with Crippen molar-refractivity contribution in [3.63, 3.8) is 0 Å². The van der Waals surface area contributed by atoms with Crippen molar-refractivity contribution in [1.29, 1.82) is 4.78 Å². The molecule has 1 N–H and O–H groups in total. The Hall–Kier alpha value is -3.79. The van der Waals surface area contributed by atoms with E-state index in [2.05, 4.69) is 4.98 Å². The molecule has 1 unspecified atom stereocenters. The monoisotopic (exact) mass is 482 g/mol. The fourth-order valence-corrected chi connectivity index (χ4v) is 4.71. The number of amides is 1. The van der Waals surface area contributed by atoms with Crippen molar-refractivity contribution in [3.8, 4) is 16.9 Å². The van der Waals surface area contributed by atoms with Gasteiger partial charge in [-0.25, -0.2) is 22.8 Å². The highest BCUT2D eigenvalue weighted by Gasteiger charge is 2.29. The van der Waals surface area contributed by atoms with Gasteiger partial charge in [-0.1, -0.05) is 18.2 Å². The summed E-state index contributed by atoms with van der Waals surface area (Å²) in [4.78, 5) is 18.9. The van der Waals surface area contributed by atoms with Gasteiger partial charge in [0.1, 0.15) is 11.5 Å². The van der Waals surface area contributed by atoms with Crippen LogP contribution in [-0.2, 0) is 21.1 Å². The summed E-state index contributed by atoms with van der Waals surface area (Å²) in [6.07, 6.45) is 2.92. The highest BCUT2D eigenvalue weighted by Crippen LogP contribution is 2.36. The van der Waals surface area contributed by atoms with E-state index in [0.29, 0.717) is 33.2 Å². The van der Waals surface area contributed by atoms with E-state index >= 15 is 0 Å². The van der Waals surface area contributed by atoms with Gasteiger partial charge in [0.25, 0.3) is 5.91 Å². The third-order valence-corrected chi connectivity index (χ3v) is 6.98. The number of hydrogen-bond donors (Lipinski definition) is 1. The second-order valence-electron chi connectivity index (χ2n) is 8.13. The molecule has 2 aromatic heterocycles. The van der Waals surface area contributed by atoms with E-state index in [1.54, 1.807) is 47.9 Å². The molecule has 1 atom stereocenters. The number of imidazole rings is 1. The summed E-state index contributed by atoms with van der Waals surface area (Å²) in [7, 11) is -2.88. The molecule has 4 aromatic rings. The number of para-hydroxylation sites is 1. The second-order valence-corrected chi connectivity index (χ2v) is 10.3. The number of nitrogens with zero attached hydrogens (tertiary/aromatic N) is 3. The van der Waals surface area contributed by atoms with Crippen LogP contribution in [0.4, 0.5) is 14.5 Å². The van der Waals surface area contributed by atoms with Crippen LogP contribution in [0.3, 0.4) is 0 Å². The van der Waals surface area contributed by atoms with Crippen LogP contribution in [-0.4, -0.2) is 32.4 Å². The Balaban J connectivity index is 1.59. The molecule has 10 heteroatoms. The lowest BCUT2D eigenvalue weighted by Crippen LogP contribution is -2.39. The molecule has 0 saturated heterocycles. The number of nitrogens with one attached hydrogen (secondary N) is 1. The lowest BCUT2D eigenvalue weighted by molar-refractivity contribution is -0.121. The number of rotatable bonds is 4. The number of aryl methyl sites for hydroxylation is 1. The number of benzene rings is 2. The molecule has 34 heavy (non-hydrogen) atoms. The van der Waals surface area contributed by atoms with Gasteiger partial charge >= 0.3 is 0 Å². The molecule has 0 fully saturated rings. The van der Waals surface area contributed by atoms with E-state index in [1.165, 1.54) is 29.4 Å². The fraction of sp³-hybridized carbons (Fsp3) is 0.167. The molecule has 3 heterocycles. The number of pyridine rings is 1. The Bertz CT molecular complexity index is 1560. The minimum absolute atomic E-state index is 0.0160. The number of fused-ring (bicyclic) bond motifs is 2. The van der Waals surface area contributed by atoms with Gasteiger partial charge in [-0.3, -0.25) is 9.69 Å². The standard InChI is InChI=1S/C24H20F2N4O3S/c1-14-21(12-30-20-5-3-4-18(25)24(20)33-13-23(30)31)29-11-17(19(26)10-22(29)28-14)15-6-8-16(9-7-15)34(2,27)32/h3-11,27H,12-13H2,1-2H3. The quantitative estimate of drug-likeness (QED) is 0.462. The Morgan fingerprint density at radius 3 is 2.59 bits per heavy atom. The van der Waals surface area contributed by atoms with Crippen LogP contribution in [0.15, 0.2) is 59.6 Å². The highest BCUT2D eigenvalue weighted by molar-refractivity contribution is 7.91. The van der Waals surface area contributed by atoms with Crippen LogP contribution in [0.1, 0.15) is 11.4 Å². The van der Waals surface area contributed by atoms with Crippen molar-refractivity contribution in [2.24, 2.45) is 0 Å². The van der Waals surface area contributed by atoms with Crippen molar-refractivity contribution < 1.29 is 22.5 Å². The van der Waals surface area contributed by atoms with Gasteiger partial charge in [0.2, 0.25) is 0 Å². The molecule has 0 saturated carbocycles. The molecule has 7 nitrogen and oxygen atoms in total. The zero-order valence-corrected chi connectivity index (χ0v) is 19.2. The molecule has 0 aliphatic carbocycles. The van der Waals surface area contributed by atoms with Crippen LogP contribution < -0.4 is 9.64 Å². The fourth-order valence-electron chi connectivity index (χ4n) is 4.05. The molecule has 2 aromatic carbocycles. The average Bonchev–Trinajstić information content (AvgIpc) is 3.08. The number of carbonyl (C=O) groups excluding carboxylic acids is 1. The maximum absolute atomic E-state index is 15.0. The molecule has 0 radical (unpaired) electrons. The maximum atomic E-state index is 15.0. The molecule has 0 spiro atoms. The topological polar surface area (TPSA) is 87.8 Å². The third kappa shape index (κ3) is 3.69. The Kier molecular flexibility index (Phi) is 5.12. The van der Waals surface area contributed by atoms with Crippen molar-refractivity contribution in [2.45, 2.75) is 18.4 Å². The molecule has 1 aliphatic rings. The average molecular weight is 483 g/mol. The first kappa shape index (κ1) is 22.0. The second kappa shape index (κ2) is 7.91. The van der Waals surface area contributed by atoms with Crippen molar-refractivity contribution in [2.75, 3.05) is 17.8 Å². The number of carbonyl (C=O) groups is 1. The molecule has 1 aliphatic heterocycles. The van der Waals surface area contributed by atoms with Crippen LogP contribution in [0.5, 0.6) is 5.75 Å². The van der Waals surface area contributed by atoms with E-state index in [4.69, 9.17) is 9.52 Å². The van der Waals surface area contributed by atoms with Crippen molar-refractivity contribution in [3.05, 3.63) is 77.8 Å². The van der Waals surface area contributed by atoms with Crippen molar-refractivity contribution in [1.82, 2.24) is 9.38 Å². The minimum atomic E-state index is -2.88. The summed E-state index contributed by atoms with van der Waals surface area (Å²) >= 11 is 0. The number of hydrogen-bond acceptors (Lipinski definition) is 5. The SMILES string of the molecule is Cc1nc2cc(F)c(-c3ccc(S(C)(=N)=O)cc3)cn2c1CN1C(=O)COc2c(F)cccc21. The first-order chi connectivity index (χ1) is 16.1. The molecular weight excluding hydrogens is 462 g/mol. The van der Waals surface area contributed by atoms with Gasteiger partial charge in [-0.05, 0) is 36.8 Å². The molecule has 1 amide bonds. The summed E-state index contributed by atoms with van der Waals surface area (Å²) in [5.74, 6) is -1.36. The Morgan fingerprint density at radius 2 is 1.88 bits per heavy atom. The summed E-state index contributed by atoms with van der Waals surface area (Å²) in [5, 5.41) is 0. The number of halogens is 2. The predicted molar refractivity (Wildman–Crippen MR) is 123 cm³/mol. The van der Waals surface area contributed by atoms with E-state index in [0.717, 1.165) is 0 Å². The third-order valence-electron chi connectivity index (χ3n) is 5.81. The van der Waals surface area contributed by atoms with Crippen LogP contribution >= 0.6 is 0 Å². The van der Waals surface area contributed by atoms with Crippen LogP contribution in [0.25, 0.3) is 16.8 Å². The first-order valence-corrected chi connectivity index (χ1v) is 12.3. The van der Waals surface area contributed by atoms with E-state index in [1.807, 2.05) is 0 Å². The maximum Gasteiger partial charge on any atom is 0.265 e. The smallest absolute Gasteiger partial charge is 0.265 e. The zero-order chi connectivity index (χ0) is 24.2. The summed E-state index contributed by atoms with van der Waals surface area (Å²) < 4.78 is 55.9. The van der Waals surface area contributed by atoms with E-state index < -0.39 is 21.4 Å². The van der Waals surface area contributed by atoms with Gasteiger partial charge in [0, 0.05) is 29.0 Å². The normalized spacial score (nSPS) is 15.2. The van der Waals surface area contributed by atoms with Crippen LogP contribution in [0, 0.1) is 23.3 Å². The highest BCUT2D eigenvalue weighted by atomic mass is 32.2. The predicted octanol–water partition coefficient (Wildman–Crippen LogP) is 4.55. The molecule has 174 valence electrons. The van der Waals surface area contributed by atoms with E-state index in [-0.39, 0.29) is 30.4 Å². The lowest BCUT2D eigenvalue weighted by Gasteiger charge is -2.29. The molecular formula is C24H20F2N4O3S. The first-order valence-electron chi connectivity index (χ1n) is 10.4. The summed E-state index contributed by atoms with van der Waals surface area (Å²) in [6.45, 7) is 1.57. The Morgan fingerprint density at radius 1 is 1.15 bits per heavy atom. The number of anilines is 1. The zero-order valence-electron chi connectivity index (χ0n) is 18.3. The van der Waals surface area contributed by atoms with E-state index in [9.17, 15) is 17.8 Å². The van der Waals surface area contributed by atoms with Gasteiger partial charge in [0.15, 0.2) is 18.2 Å².